The highest BCUT2D eigenvalue weighted by Gasteiger charge is 2.30. The number of hydrogen-bond acceptors (Lipinski definition) is 7. The number of nitrogens with zero attached hydrogens (tertiary/aromatic N) is 1. The molecule has 0 aliphatic carbocycles. The fourth-order valence-electron chi connectivity index (χ4n) is 4.10. The molecule has 1 aliphatic heterocycles. The van der Waals surface area contributed by atoms with Crippen LogP contribution >= 0.6 is 11.3 Å². The Kier molecular flexibility index (Phi) is 8.32. The lowest BCUT2D eigenvalue weighted by Gasteiger charge is -2.26. The van der Waals surface area contributed by atoms with Crippen LogP contribution in [0.5, 0.6) is 11.5 Å². The number of hydrogen-bond donors (Lipinski definition) is 2. The van der Waals surface area contributed by atoms with Gasteiger partial charge in [0.1, 0.15) is 16.5 Å². The molecule has 9 heteroatoms. The summed E-state index contributed by atoms with van der Waals surface area (Å²) in [4.78, 5) is 28.5. The lowest BCUT2D eigenvalue weighted by Crippen LogP contribution is -2.36. The number of methoxy groups -OCH3 is 1. The van der Waals surface area contributed by atoms with Crippen LogP contribution in [0.2, 0.25) is 0 Å². The molecule has 0 atom stereocenters. The number of fused-ring (bicyclic) bond motifs is 1. The van der Waals surface area contributed by atoms with Crippen molar-refractivity contribution < 1.29 is 23.8 Å². The molecule has 0 saturated heterocycles. The molecule has 0 fully saturated rings. The Hall–Kier alpha value is -3.72. The lowest BCUT2D eigenvalue weighted by atomic mass is 10.0. The molecular formula is C27H31N3O5S. The van der Waals surface area contributed by atoms with E-state index < -0.39 is 0 Å². The maximum absolute atomic E-state index is 13.5. The summed E-state index contributed by atoms with van der Waals surface area (Å²) in [5.74, 6) is 1.34. The minimum atomic E-state index is -0.331. The molecule has 190 valence electrons. The minimum Gasteiger partial charge on any atom is -0.497 e. The molecule has 3 aromatic rings. The Morgan fingerprint density at radius 3 is 2.58 bits per heavy atom. The predicted molar refractivity (Wildman–Crippen MR) is 141 cm³/mol. The predicted octanol–water partition coefficient (Wildman–Crippen LogP) is 5.53. The molecule has 4 rings (SSSR count). The number of carbonyl (C=O) groups excluding carboxylic acids is 2. The van der Waals surface area contributed by atoms with Crippen LogP contribution in [0.15, 0.2) is 48.5 Å². The van der Waals surface area contributed by atoms with Gasteiger partial charge < -0.3 is 29.7 Å². The van der Waals surface area contributed by atoms with Crippen molar-refractivity contribution in [2.45, 2.75) is 33.4 Å². The molecule has 1 aliphatic rings. The van der Waals surface area contributed by atoms with Gasteiger partial charge in [-0.2, -0.15) is 0 Å². The Labute approximate surface area is 215 Å². The van der Waals surface area contributed by atoms with Crippen LogP contribution in [0.25, 0.3) is 0 Å². The second-order valence-electron chi connectivity index (χ2n) is 8.19. The van der Waals surface area contributed by atoms with E-state index in [1.165, 1.54) is 11.3 Å². The van der Waals surface area contributed by atoms with E-state index in [4.69, 9.17) is 14.2 Å². The van der Waals surface area contributed by atoms with Crippen LogP contribution in [0.4, 0.5) is 15.5 Å². The van der Waals surface area contributed by atoms with Crippen molar-refractivity contribution in [2.75, 3.05) is 37.5 Å². The Balaban J connectivity index is 1.59. The molecule has 2 heterocycles. The summed E-state index contributed by atoms with van der Waals surface area (Å²) in [5.41, 5.74) is 3.31. The number of amides is 2. The first-order valence-electron chi connectivity index (χ1n) is 12.0. The van der Waals surface area contributed by atoms with E-state index in [2.05, 4.69) is 10.6 Å². The first-order valence-corrected chi connectivity index (χ1v) is 12.8. The van der Waals surface area contributed by atoms with Crippen LogP contribution in [0.1, 0.15) is 40.2 Å². The largest absolute Gasteiger partial charge is 0.497 e. The van der Waals surface area contributed by atoms with Crippen LogP contribution < -0.4 is 20.1 Å². The number of benzene rings is 2. The summed E-state index contributed by atoms with van der Waals surface area (Å²) < 4.78 is 16.0. The zero-order valence-electron chi connectivity index (χ0n) is 20.8. The third-order valence-electron chi connectivity index (χ3n) is 5.82. The smallest absolute Gasteiger partial charge is 0.410 e. The van der Waals surface area contributed by atoms with E-state index in [-0.39, 0.29) is 12.0 Å². The number of nitrogens with one attached hydrogen (secondary N) is 2. The highest BCUT2D eigenvalue weighted by atomic mass is 32.1. The molecule has 2 aromatic carbocycles. The zero-order valence-corrected chi connectivity index (χ0v) is 21.6. The summed E-state index contributed by atoms with van der Waals surface area (Å²) in [5, 5.41) is 7.24. The summed E-state index contributed by atoms with van der Waals surface area (Å²) >= 11 is 1.51. The van der Waals surface area contributed by atoms with Gasteiger partial charge in [-0.25, -0.2) is 4.79 Å². The van der Waals surface area contributed by atoms with Gasteiger partial charge in [0, 0.05) is 23.7 Å². The van der Waals surface area contributed by atoms with Gasteiger partial charge >= 0.3 is 6.09 Å². The molecule has 0 saturated carbocycles. The molecule has 0 radical (unpaired) electrons. The fraction of sp³-hybridized carbons (Fsp3) is 0.333. The molecule has 0 unspecified atom stereocenters. The summed E-state index contributed by atoms with van der Waals surface area (Å²) in [7, 11) is 1.64. The molecule has 1 aromatic heterocycles. The van der Waals surface area contributed by atoms with E-state index in [0.717, 1.165) is 32.5 Å². The van der Waals surface area contributed by atoms with Gasteiger partial charge in [0.25, 0.3) is 5.91 Å². The Morgan fingerprint density at radius 2 is 1.86 bits per heavy atom. The van der Waals surface area contributed by atoms with E-state index in [1.807, 2.05) is 55.5 Å². The van der Waals surface area contributed by atoms with E-state index in [9.17, 15) is 9.59 Å². The number of ether oxygens (including phenoxy) is 3. The molecular weight excluding hydrogens is 478 g/mol. The third-order valence-corrected chi connectivity index (χ3v) is 6.99. The van der Waals surface area contributed by atoms with Gasteiger partial charge in [-0.3, -0.25) is 4.79 Å². The summed E-state index contributed by atoms with van der Waals surface area (Å²) in [6.07, 6.45) is 0.250. The maximum atomic E-state index is 13.5. The van der Waals surface area contributed by atoms with Gasteiger partial charge in [0.2, 0.25) is 0 Å². The van der Waals surface area contributed by atoms with Crippen molar-refractivity contribution in [2.24, 2.45) is 0 Å². The number of carbonyl (C=O) groups is 2. The monoisotopic (exact) mass is 509 g/mol. The van der Waals surface area contributed by atoms with Crippen LogP contribution in [-0.4, -0.2) is 43.8 Å². The summed E-state index contributed by atoms with van der Waals surface area (Å²) in [6, 6.07) is 15.1. The van der Waals surface area contributed by atoms with Gasteiger partial charge in [0.05, 0.1) is 32.4 Å². The quantitative estimate of drug-likeness (QED) is 0.394. The molecule has 36 heavy (non-hydrogen) atoms. The van der Waals surface area contributed by atoms with Crippen molar-refractivity contribution in [3.63, 3.8) is 0 Å². The van der Waals surface area contributed by atoms with E-state index in [0.29, 0.717) is 50.5 Å². The Morgan fingerprint density at radius 1 is 1.06 bits per heavy atom. The molecule has 0 bridgehead atoms. The van der Waals surface area contributed by atoms with Crippen molar-refractivity contribution in [1.29, 1.82) is 0 Å². The van der Waals surface area contributed by atoms with Crippen molar-refractivity contribution in [3.05, 3.63) is 70.1 Å². The normalized spacial score (nSPS) is 12.5. The molecule has 0 spiro atoms. The summed E-state index contributed by atoms with van der Waals surface area (Å²) in [6.45, 7) is 6.08. The average Bonchev–Trinajstić information content (AvgIpc) is 3.27. The zero-order chi connectivity index (χ0) is 25.5. The maximum Gasteiger partial charge on any atom is 0.410 e. The number of rotatable bonds is 9. The lowest BCUT2D eigenvalue weighted by molar-refractivity contribution is 0.102. The number of anilines is 2. The SMILES string of the molecule is CCOC(=O)N1CCc2c(sc(NCc3cccc(OC)c3)c2C(=O)Nc2ccc(OCC)cc2)C1. The van der Waals surface area contributed by atoms with Gasteiger partial charge in [-0.05, 0) is 67.8 Å². The first-order chi connectivity index (χ1) is 17.5. The van der Waals surface area contributed by atoms with Crippen LogP contribution in [0.3, 0.4) is 0 Å². The van der Waals surface area contributed by atoms with Gasteiger partial charge in [-0.15, -0.1) is 11.3 Å². The molecule has 2 N–H and O–H groups in total. The number of thiophene rings is 1. The van der Waals surface area contributed by atoms with Crippen LogP contribution in [0, 0.1) is 0 Å². The molecule has 8 nitrogen and oxygen atoms in total. The van der Waals surface area contributed by atoms with Crippen molar-refractivity contribution in [1.82, 2.24) is 4.90 Å². The topological polar surface area (TPSA) is 89.1 Å². The van der Waals surface area contributed by atoms with E-state index in [1.54, 1.807) is 18.9 Å². The third kappa shape index (κ3) is 5.91. The van der Waals surface area contributed by atoms with E-state index >= 15 is 0 Å². The fourth-order valence-corrected chi connectivity index (χ4v) is 5.35. The second kappa shape index (κ2) is 11.8. The van der Waals surface area contributed by atoms with Crippen molar-refractivity contribution in [3.8, 4) is 11.5 Å². The second-order valence-corrected chi connectivity index (χ2v) is 9.30. The average molecular weight is 510 g/mol. The Bertz CT molecular complexity index is 1210. The van der Waals surface area contributed by atoms with Crippen LogP contribution in [-0.2, 0) is 24.2 Å². The standard InChI is InChI=1S/C27H31N3O5S/c1-4-34-20-11-9-19(10-12-20)29-25(31)24-22-13-14-30(27(32)35-5-2)17-23(22)36-26(24)28-16-18-7-6-8-21(15-18)33-3/h6-12,15,28H,4-5,13-14,16-17H2,1-3H3,(H,29,31). The van der Waals surface area contributed by atoms with Crippen molar-refractivity contribution >= 4 is 34.0 Å². The molecule has 2 amide bonds. The van der Waals surface area contributed by atoms with Gasteiger partial charge in [-0.1, -0.05) is 12.1 Å². The highest BCUT2D eigenvalue weighted by molar-refractivity contribution is 7.16. The minimum absolute atomic E-state index is 0.186. The highest BCUT2D eigenvalue weighted by Crippen LogP contribution is 2.38. The first kappa shape index (κ1) is 25.4. The van der Waals surface area contributed by atoms with Gasteiger partial charge in [0.15, 0.2) is 0 Å².